The molecule has 2 N–H and O–H groups in total. The average molecular weight is 304 g/mol. The first-order valence-corrected chi connectivity index (χ1v) is 7.84. The van der Waals surface area contributed by atoms with Gasteiger partial charge in [-0.2, -0.15) is 0 Å². The molecule has 1 saturated heterocycles. The summed E-state index contributed by atoms with van der Waals surface area (Å²) < 4.78 is 5.13. The SMILES string of the molecule is CCOC(=O)N1CCCC[C@@H]1[C@@H](C(N)=O)c1ccc(C)cc1. The molecular formula is C17H24N2O3. The van der Waals surface area contributed by atoms with Crippen molar-refractivity contribution in [2.45, 2.75) is 45.1 Å². The van der Waals surface area contributed by atoms with Crippen LogP contribution in [0, 0.1) is 6.92 Å². The van der Waals surface area contributed by atoms with Gasteiger partial charge in [0.15, 0.2) is 0 Å². The van der Waals surface area contributed by atoms with Crippen molar-refractivity contribution in [1.29, 1.82) is 0 Å². The van der Waals surface area contributed by atoms with Gasteiger partial charge in [-0.3, -0.25) is 4.79 Å². The zero-order valence-electron chi connectivity index (χ0n) is 13.2. The summed E-state index contributed by atoms with van der Waals surface area (Å²) in [6.07, 6.45) is 2.32. The lowest BCUT2D eigenvalue weighted by Crippen LogP contribution is -2.50. The van der Waals surface area contributed by atoms with E-state index in [2.05, 4.69) is 0 Å². The van der Waals surface area contributed by atoms with E-state index in [1.165, 1.54) is 0 Å². The number of hydrogen-bond acceptors (Lipinski definition) is 3. The van der Waals surface area contributed by atoms with Crippen LogP contribution in [0.15, 0.2) is 24.3 Å². The van der Waals surface area contributed by atoms with E-state index in [9.17, 15) is 9.59 Å². The summed E-state index contributed by atoms with van der Waals surface area (Å²) in [5.74, 6) is -0.893. The van der Waals surface area contributed by atoms with Crippen molar-refractivity contribution in [1.82, 2.24) is 4.90 Å². The third-order valence-corrected chi connectivity index (χ3v) is 4.18. The number of primary amides is 1. The number of benzene rings is 1. The Bertz CT molecular complexity index is 527. The highest BCUT2D eigenvalue weighted by molar-refractivity contribution is 5.83. The molecule has 2 amide bonds. The van der Waals surface area contributed by atoms with E-state index in [1.807, 2.05) is 31.2 Å². The minimum absolute atomic E-state index is 0.229. The Kier molecular flexibility index (Phi) is 5.41. The smallest absolute Gasteiger partial charge is 0.410 e. The van der Waals surface area contributed by atoms with Gasteiger partial charge in [-0.05, 0) is 38.7 Å². The van der Waals surface area contributed by atoms with E-state index >= 15 is 0 Å². The minimum Gasteiger partial charge on any atom is -0.450 e. The lowest BCUT2D eigenvalue weighted by molar-refractivity contribution is -0.121. The highest BCUT2D eigenvalue weighted by Crippen LogP contribution is 2.31. The molecule has 0 spiro atoms. The van der Waals surface area contributed by atoms with Gasteiger partial charge < -0.3 is 15.4 Å². The van der Waals surface area contributed by atoms with Crippen LogP contribution in [0.25, 0.3) is 0 Å². The van der Waals surface area contributed by atoms with Crippen molar-refractivity contribution in [3.05, 3.63) is 35.4 Å². The zero-order valence-corrected chi connectivity index (χ0v) is 13.2. The van der Waals surface area contributed by atoms with E-state index in [-0.39, 0.29) is 12.1 Å². The quantitative estimate of drug-likeness (QED) is 0.929. The number of nitrogens with zero attached hydrogens (tertiary/aromatic N) is 1. The standard InChI is InChI=1S/C17H24N2O3/c1-3-22-17(21)19-11-5-4-6-14(19)15(16(18)20)13-9-7-12(2)8-10-13/h7-10,14-15H,3-6,11H2,1-2H3,(H2,18,20)/t14-,15+/m1/s1. The molecule has 1 aliphatic rings. The summed E-state index contributed by atoms with van der Waals surface area (Å²) in [5.41, 5.74) is 7.64. The van der Waals surface area contributed by atoms with E-state index in [4.69, 9.17) is 10.5 Å². The van der Waals surface area contributed by atoms with Gasteiger partial charge in [-0.15, -0.1) is 0 Å². The molecule has 5 nitrogen and oxygen atoms in total. The van der Waals surface area contributed by atoms with E-state index in [0.29, 0.717) is 13.2 Å². The first-order valence-electron chi connectivity index (χ1n) is 7.84. The van der Waals surface area contributed by atoms with E-state index in [1.54, 1.807) is 11.8 Å². The number of nitrogens with two attached hydrogens (primary N) is 1. The Hall–Kier alpha value is -2.04. The largest absolute Gasteiger partial charge is 0.450 e. The molecule has 1 fully saturated rings. The summed E-state index contributed by atoms with van der Waals surface area (Å²) in [5, 5.41) is 0. The van der Waals surface area contributed by atoms with Gasteiger partial charge in [0.05, 0.1) is 18.6 Å². The fourth-order valence-corrected chi connectivity index (χ4v) is 3.09. The Balaban J connectivity index is 2.30. The van der Waals surface area contributed by atoms with Crippen LogP contribution >= 0.6 is 0 Å². The predicted octanol–water partition coefficient (Wildman–Crippen LogP) is 2.57. The fourth-order valence-electron chi connectivity index (χ4n) is 3.09. The van der Waals surface area contributed by atoms with Crippen LogP contribution in [0.4, 0.5) is 4.79 Å². The molecule has 0 bridgehead atoms. The van der Waals surface area contributed by atoms with Gasteiger partial charge in [0.25, 0.3) is 0 Å². The molecule has 1 aromatic carbocycles. The Morgan fingerprint density at radius 2 is 2.00 bits per heavy atom. The van der Waals surface area contributed by atoms with E-state index in [0.717, 1.165) is 30.4 Å². The maximum absolute atomic E-state index is 12.2. The van der Waals surface area contributed by atoms with Crippen molar-refractivity contribution >= 4 is 12.0 Å². The summed E-state index contributed by atoms with van der Waals surface area (Å²) in [7, 11) is 0. The van der Waals surface area contributed by atoms with Gasteiger partial charge in [0.1, 0.15) is 0 Å². The first kappa shape index (κ1) is 16.3. The summed E-state index contributed by atoms with van der Waals surface area (Å²) in [6, 6.07) is 7.53. The number of aryl methyl sites for hydroxylation is 1. The molecule has 2 rings (SSSR count). The topological polar surface area (TPSA) is 72.6 Å². The normalized spacial score (nSPS) is 19.5. The molecule has 120 valence electrons. The lowest BCUT2D eigenvalue weighted by Gasteiger charge is -2.38. The number of piperidine rings is 1. The Labute approximate surface area is 131 Å². The van der Waals surface area contributed by atoms with Crippen molar-refractivity contribution < 1.29 is 14.3 Å². The van der Waals surface area contributed by atoms with Crippen molar-refractivity contribution in [3.8, 4) is 0 Å². The predicted molar refractivity (Wildman–Crippen MR) is 84.5 cm³/mol. The number of hydrogen-bond donors (Lipinski definition) is 1. The van der Waals surface area contributed by atoms with Crippen LogP contribution in [-0.2, 0) is 9.53 Å². The van der Waals surface area contributed by atoms with Gasteiger partial charge in [0.2, 0.25) is 5.91 Å². The molecule has 0 aliphatic carbocycles. The minimum atomic E-state index is -0.495. The second kappa shape index (κ2) is 7.29. The molecule has 5 heteroatoms. The molecule has 22 heavy (non-hydrogen) atoms. The molecule has 2 atom stereocenters. The van der Waals surface area contributed by atoms with Crippen molar-refractivity contribution in [2.24, 2.45) is 5.73 Å². The molecule has 1 aromatic rings. The van der Waals surface area contributed by atoms with Gasteiger partial charge in [-0.25, -0.2) is 4.79 Å². The van der Waals surface area contributed by atoms with Crippen LogP contribution < -0.4 is 5.73 Å². The number of amides is 2. The molecule has 1 aliphatic heterocycles. The third-order valence-electron chi connectivity index (χ3n) is 4.18. The number of likely N-dealkylation sites (tertiary alicyclic amines) is 1. The van der Waals surface area contributed by atoms with Crippen LogP contribution in [0.5, 0.6) is 0 Å². The number of ether oxygens (including phenoxy) is 1. The summed E-state index contributed by atoms with van der Waals surface area (Å²) in [4.78, 5) is 25.9. The molecule has 0 aromatic heterocycles. The van der Waals surface area contributed by atoms with Crippen LogP contribution in [-0.4, -0.2) is 36.1 Å². The monoisotopic (exact) mass is 304 g/mol. The van der Waals surface area contributed by atoms with E-state index < -0.39 is 11.8 Å². The maximum Gasteiger partial charge on any atom is 0.410 e. The van der Waals surface area contributed by atoms with Crippen molar-refractivity contribution in [3.63, 3.8) is 0 Å². The number of rotatable bonds is 4. The highest BCUT2D eigenvalue weighted by Gasteiger charge is 2.37. The lowest BCUT2D eigenvalue weighted by atomic mass is 9.84. The molecule has 1 heterocycles. The third kappa shape index (κ3) is 3.59. The molecule has 0 unspecified atom stereocenters. The molecule has 0 radical (unpaired) electrons. The summed E-state index contributed by atoms with van der Waals surface area (Å²) in [6.45, 7) is 4.71. The number of carbonyl (C=O) groups is 2. The van der Waals surface area contributed by atoms with Crippen LogP contribution in [0.1, 0.15) is 43.2 Å². The van der Waals surface area contributed by atoms with Crippen LogP contribution in [0.2, 0.25) is 0 Å². The first-order chi connectivity index (χ1) is 10.5. The fraction of sp³-hybridized carbons (Fsp3) is 0.529. The maximum atomic E-state index is 12.2. The van der Waals surface area contributed by atoms with Gasteiger partial charge in [0, 0.05) is 6.54 Å². The highest BCUT2D eigenvalue weighted by atomic mass is 16.6. The second-order valence-corrected chi connectivity index (χ2v) is 5.75. The Morgan fingerprint density at radius 3 is 2.59 bits per heavy atom. The molecule has 0 saturated carbocycles. The van der Waals surface area contributed by atoms with Crippen molar-refractivity contribution in [2.75, 3.05) is 13.2 Å². The second-order valence-electron chi connectivity index (χ2n) is 5.75. The summed E-state index contributed by atoms with van der Waals surface area (Å²) >= 11 is 0. The molecular weight excluding hydrogens is 280 g/mol. The van der Waals surface area contributed by atoms with Crippen LogP contribution in [0.3, 0.4) is 0 Å². The van der Waals surface area contributed by atoms with Gasteiger partial charge in [-0.1, -0.05) is 29.8 Å². The average Bonchev–Trinajstić information content (AvgIpc) is 2.50. The Morgan fingerprint density at radius 1 is 1.32 bits per heavy atom. The van der Waals surface area contributed by atoms with Gasteiger partial charge >= 0.3 is 6.09 Å². The number of carbonyl (C=O) groups excluding carboxylic acids is 2. The zero-order chi connectivity index (χ0) is 16.1.